The lowest BCUT2D eigenvalue weighted by Crippen LogP contribution is -2.39. The molecule has 0 bridgehead atoms. The van der Waals surface area contributed by atoms with Crippen LogP contribution in [0.15, 0.2) is 90.0 Å². The van der Waals surface area contributed by atoms with Crippen LogP contribution in [0.25, 0.3) is 23.0 Å². The number of amides is 1. The van der Waals surface area contributed by atoms with Crippen molar-refractivity contribution in [2.75, 3.05) is 11.5 Å². The van der Waals surface area contributed by atoms with E-state index in [4.69, 9.17) is 22.1 Å². The third kappa shape index (κ3) is 5.97. The summed E-state index contributed by atoms with van der Waals surface area (Å²) in [6.07, 6.45) is 3.99. The first-order chi connectivity index (χ1) is 19.8. The summed E-state index contributed by atoms with van der Waals surface area (Å²) in [5, 5.41) is 4.85. The number of hydrogen-bond acceptors (Lipinski definition) is 7. The molecule has 11 heteroatoms. The van der Waals surface area contributed by atoms with E-state index in [-0.39, 0.29) is 29.8 Å². The summed E-state index contributed by atoms with van der Waals surface area (Å²) in [5.74, 6) is -0.00386. The predicted octanol–water partition coefficient (Wildman–Crippen LogP) is 5.65. The minimum absolute atomic E-state index is 0.0569. The fourth-order valence-electron chi connectivity index (χ4n) is 4.83. The normalized spacial score (nSPS) is 19.3. The lowest BCUT2D eigenvalue weighted by atomic mass is 10.1. The van der Waals surface area contributed by atoms with Gasteiger partial charge in [0.15, 0.2) is 9.84 Å². The van der Waals surface area contributed by atoms with E-state index in [9.17, 15) is 17.6 Å². The molecule has 4 aromatic rings. The highest BCUT2D eigenvalue weighted by Gasteiger charge is 2.42. The Bertz CT molecular complexity index is 1770. The van der Waals surface area contributed by atoms with Crippen LogP contribution in [0, 0.1) is 5.82 Å². The molecule has 2 saturated heterocycles. The average Bonchev–Trinajstić information content (AvgIpc) is 3.63. The minimum Gasteiger partial charge on any atom is -0.489 e. The standard InChI is InChI=1S/C30H24FN3O4S3/c31-23-11-9-20(10-12-23)18-38-26-8-4-5-21(15-26)28-22(17-33(32-28)24-6-2-1-3-7-24)16-27-29(35)34(30(39)40-27)25-13-14-41(36,37)19-25/h1-12,15-17,25H,13-14,18-19H2/b27-16-. The van der Waals surface area contributed by atoms with Gasteiger partial charge in [0.2, 0.25) is 0 Å². The fraction of sp³-hybridized carbons (Fsp3) is 0.167. The summed E-state index contributed by atoms with van der Waals surface area (Å²) in [6, 6.07) is 22.8. The molecule has 0 spiro atoms. The number of aromatic nitrogens is 2. The number of thioether (sulfide) groups is 1. The van der Waals surface area contributed by atoms with Gasteiger partial charge < -0.3 is 4.74 Å². The van der Waals surface area contributed by atoms with Gasteiger partial charge in [0.1, 0.15) is 28.2 Å². The Hall–Kier alpha value is -3.80. The van der Waals surface area contributed by atoms with Crippen molar-refractivity contribution in [1.29, 1.82) is 0 Å². The van der Waals surface area contributed by atoms with Gasteiger partial charge in [-0.05, 0) is 54.5 Å². The molecule has 2 aliphatic heterocycles. The largest absolute Gasteiger partial charge is 0.489 e. The maximum Gasteiger partial charge on any atom is 0.266 e. The van der Waals surface area contributed by atoms with Crippen molar-refractivity contribution in [3.63, 3.8) is 0 Å². The van der Waals surface area contributed by atoms with Crippen molar-refractivity contribution in [3.05, 3.63) is 107 Å². The zero-order valence-electron chi connectivity index (χ0n) is 21.6. The molecule has 41 heavy (non-hydrogen) atoms. The Morgan fingerprint density at radius 2 is 1.85 bits per heavy atom. The Kier molecular flexibility index (Phi) is 7.50. The number of carbonyl (C=O) groups is 1. The van der Waals surface area contributed by atoms with Gasteiger partial charge in [-0.3, -0.25) is 9.69 Å². The summed E-state index contributed by atoms with van der Waals surface area (Å²) in [6.45, 7) is 0.272. The molecule has 2 fully saturated rings. The lowest BCUT2D eigenvalue weighted by molar-refractivity contribution is -0.123. The van der Waals surface area contributed by atoms with Crippen LogP contribution in [0.3, 0.4) is 0 Å². The molecule has 7 nitrogen and oxygen atoms in total. The number of rotatable bonds is 7. The topological polar surface area (TPSA) is 81.5 Å². The van der Waals surface area contributed by atoms with Gasteiger partial charge >= 0.3 is 0 Å². The van der Waals surface area contributed by atoms with Gasteiger partial charge in [-0.2, -0.15) is 5.10 Å². The highest BCUT2D eigenvalue weighted by Crippen LogP contribution is 2.38. The summed E-state index contributed by atoms with van der Waals surface area (Å²) >= 11 is 6.67. The van der Waals surface area contributed by atoms with E-state index >= 15 is 0 Å². The molecule has 0 radical (unpaired) electrons. The van der Waals surface area contributed by atoms with Crippen LogP contribution in [0.1, 0.15) is 17.5 Å². The predicted molar refractivity (Wildman–Crippen MR) is 162 cm³/mol. The smallest absolute Gasteiger partial charge is 0.266 e. The van der Waals surface area contributed by atoms with E-state index in [0.717, 1.165) is 16.8 Å². The molecule has 6 rings (SSSR count). The van der Waals surface area contributed by atoms with Crippen molar-refractivity contribution in [2.45, 2.75) is 19.1 Å². The molecular formula is C30H24FN3O4S3. The molecule has 0 N–H and O–H groups in total. The number of carbonyl (C=O) groups excluding carboxylic acids is 1. The molecule has 1 aromatic heterocycles. The molecule has 1 amide bonds. The van der Waals surface area contributed by atoms with Gasteiger partial charge in [0.25, 0.3) is 5.91 Å². The molecule has 3 heterocycles. The molecule has 208 valence electrons. The van der Waals surface area contributed by atoms with E-state index in [0.29, 0.717) is 32.7 Å². The summed E-state index contributed by atoms with van der Waals surface area (Å²) in [4.78, 5) is 15.3. The number of benzene rings is 3. The van der Waals surface area contributed by atoms with Crippen LogP contribution >= 0.6 is 24.0 Å². The molecular weight excluding hydrogens is 582 g/mol. The van der Waals surface area contributed by atoms with Crippen LogP contribution in [0.4, 0.5) is 4.39 Å². The van der Waals surface area contributed by atoms with Crippen LogP contribution < -0.4 is 4.74 Å². The second-order valence-corrected chi connectivity index (χ2v) is 13.7. The van der Waals surface area contributed by atoms with Gasteiger partial charge in [-0.25, -0.2) is 17.5 Å². The summed E-state index contributed by atoms with van der Waals surface area (Å²) in [7, 11) is -3.18. The van der Waals surface area contributed by atoms with E-state index in [1.54, 1.807) is 22.9 Å². The number of sulfone groups is 1. The first-order valence-corrected chi connectivity index (χ1v) is 15.9. The van der Waals surface area contributed by atoms with Gasteiger partial charge in [-0.1, -0.05) is 66.4 Å². The third-order valence-electron chi connectivity index (χ3n) is 6.87. The molecule has 1 atom stereocenters. The number of para-hydroxylation sites is 1. The van der Waals surface area contributed by atoms with Crippen LogP contribution in [0.2, 0.25) is 0 Å². The number of ether oxygens (including phenoxy) is 1. The first-order valence-electron chi connectivity index (χ1n) is 12.9. The maximum absolute atomic E-state index is 13.4. The average molecular weight is 606 g/mol. The van der Waals surface area contributed by atoms with Gasteiger partial charge in [0, 0.05) is 17.3 Å². The van der Waals surface area contributed by atoms with Crippen molar-refractivity contribution in [2.24, 2.45) is 0 Å². The van der Waals surface area contributed by atoms with Crippen molar-refractivity contribution < 1.29 is 22.3 Å². The zero-order chi connectivity index (χ0) is 28.6. The van der Waals surface area contributed by atoms with Crippen LogP contribution in [-0.2, 0) is 21.2 Å². The Morgan fingerprint density at radius 1 is 1.07 bits per heavy atom. The highest BCUT2D eigenvalue weighted by molar-refractivity contribution is 8.26. The van der Waals surface area contributed by atoms with Crippen molar-refractivity contribution in [3.8, 4) is 22.7 Å². The Balaban J connectivity index is 1.33. The van der Waals surface area contributed by atoms with E-state index < -0.39 is 15.9 Å². The minimum atomic E-state index is -3.18. The quantitative estimate of drug-likeness (QED) is 0.199. The van der Waals surface area contributed by atoms with Crippen molar-refractivity contribution in [1.82, 2.24) is 14.7 Å². The number of nitrogens with zero attached hydrogens (tertiary/aromatic N) is 3. The van der Waals surface area contributed by atoms with Gasteiger partial charge in [0.05, 0.1) is 28.1 Å². The Labute approximate surface area is 246 Å². The van der Waals surface area contributed by atoms with Crippen LogP contribution in [0.5, 0.6) is 5.75 Å². The SMILES string of the molecule is O=C1/C(=C/c2cn(-c3ccccc3)nc2-c2cccc(OCc3ccc(F)cc3)c2)SC(=S)N1C1CCS(=O)(=O)C1. The third-order valence-corrected chi connectivity index (χ3v) is 9.95. The highest BCUT2D eigenvalue weighted by atomic mass is 32.2. The number of halogens is 1. The number of thiocarbonyl (C=S) groups is 1. The van der Waals surface area contributed by atoms with E-state index in [1.807, 2.05) is 60.8 Å². The summed E-state index contributed by atoms with van der Waals surface area (Å²) in [5.41, 5.74) is 3.79. The fourth-order valence-corrected chi connectivity index (χ4v) is 7.92. The molecule has 0 saturated carbocycles. The zero-order valence-corrected chi connectivity index (χ0v) is 24.1. The van der Waals surface area contributed by atoms with E-state index in [2.05, 4.69) is 0 Å². The second-order valence-electron chi connectivity index (χ2n) is 9.76. The lowest BCUT2D eigenvalue weighted by Gasteiger charge is -2.20. The Morgan fingerprint density at radius 3 is 2.59 bits per heavy atom. The van der Waals surface area contributed by atoms with Crippen LogP contribution in [-0.4, -0.2) is 50.9 Å². The monoisotopic (exact) mass is 605 g/mol. The molecule has 0 aliphatic carbocycles. The van der Waals surface area contributed by atoms with Gasteiger partial charge in [-0.15, -0.1) is 0 Å². The molecule has 1 unspecified atom stereocenters. The van der Waals surface area contributed by atoms with Crippen molar-refractivity contribution >= 4 is 50.1 Å². The first kappa shape index (κ1) is 27.4. The maximum atomic E-state index is 13.4. The number of hydrogen-bond donors (Lipinski definition) is 0. The molecule has 2 aliphatic rings. The molecule has 3 aromatic carbocycles. The van der Waals surface area contributed by atoms with E-state index in [1.165, 1.54) is 28.8 Å². The second kappa shape index (κ2) is 11.2. The summed E-state index contributed by atoms with van der Waals surface area (Å²) < 4.78 is 45.4.